The van der Waals surface area contributed by atoms with E-state index in [1.165, 1.54) is 12.1 Å². The van der Waals surface area contributed by atoms with Crippen LogP contribution in [0.3, 0.4) is 0 Å². The van der Waals surface area contributed by atoms with E-state index in [4.69, 9.17) is 0 Å². The Hall–Kier alpha value is -1.99. The van der Waals surface area contributed by atoms with Gasteiger partial charge in [-0.15, -0.1) is 0 Å². The number of hydrogen-bond acceptors (Lipinski definition) is 4. The average molecular weight is 364 g/mol. The Kier molecular flexibility index (Phi) is 7.53. The van der Waals surface area contributed by atoms with Crippen LogP contribution in [-0.2, 0) is 9.59 Å². The molecule has 1 aliphatic heterocycles. The fraction of sp³-hybridized carbons (Fsp3) is 0.579. The summed E-state index contributed by atoms with van der Waals surface area (Å²) in [4.78, 5) is 28.4. The highest BCUT2D eigenvalue weighted by Gasteiger charge is 2.25. The van der Waals surface area contributed by atoms with Crippen LogP contribution < -0.4 is 10.6 Å². The van der Waals surface area contributed by atoms with Gasteiger partial charge in [0.25, 0.3) is 0 Å². The number of likely N-dealkylation sites (N-methyl/N-ethyl adjacent to an activating group) is 1. The molecule has 0 saturated carbocycles. The van der Waals surface area contributed by atoms with Crippen molar-refractivity contribution in [3.05, 3.63) is 35.6 Å². The van der Waals surface area contributed by atoms with E-state index < -0.39 is 11.8 Å². The van der Waals surface area contributed by atoms with Gasteiger partial charge in [0.2, 0.25) is 0 Å². The fourth-order valence-electron chi connectivity index (χ4n) is 2.92. The molecule has 1 aliphatic rings. The van der Waals surface area contributed by atoms with E-state index in [0.29, 0.717) is 13.1 Å². The van der Waals surface area contributed by atoms with Gasteiger partial charge < -0.3 is 15.5 Å². The zero-order chi connectivity index (χ0) is 19.1. The summed E-state index contributed by atoms with van der Waals surface area (Å²) in [5.74, 6) is -1.26. The third kappa shape index (κ3) is 6.07. The lowest BCUT2D eigenvalue weighted by Gasteiger charge is -2.38. The summed E-state index contributed by atoms with van der Waals surface area (Å²) < 4.78 is 13.3. The molecular weight excluding hydrogens is 335 g/mol. The van der Waals surface area contributed by atoms with E-state index in [2.05, 4.69) is 27.5 Å². The van der Waals surface area contributed by atoms with Crippen molar-refractivity contribution in [3.8, 4) is 0 Å². The van der Waals surface area contributed by atoms with Crippen LogP contribution in [0, 0.1) is 11.7 Å². The monoisotopic (exact) mass is 364 g/mol. The lowest BCUT2D eigenvalue weighted by molar-refractivity contribution is -0.139. The number of amides is 2. The molecule has 144 valence electrons. The minimum Gasteiger partial charge on any atom is -0.348 e. The molecule has 1 heterocycles. The van der Waals surface area contributed by atoms with Crippen molar-refractivity contribution in [2.45, 2.75) is 19.9 Å². The normalized spacial score (nSPS) is 17.1. The minimum atomic E-state index is -0.633. The van der Waals surface area contributed by atoms with Gasteiger partial charge in [-0.3, -0.25) is 14.5 Å². The molecule has 1 fully saturated rings. The average Bonchev–Trinajstić information content (AvgIpc) is 2.62. The van der Waals surface area contributed by atoms with Gasteiger partial charge in [0, 0.05) is 39.3 Å². The van der Waals surface area contributed by atoms with Gasteiger partial charge in [-0.2, -0.15) is 0 Å². The Morgan fingerprint density at radius 3 is 2.08 bits per heavy atom. The molecule has 2 N–H and O–H groups in total. The second-order valence-electron chi connectivity index (χ2n) is 7.22. The molecule has 1 unspecified atom stereocenters. The van der Waals surface area contributed by atoms with E-state index in [0.717, 1.165) is 31.7 Å². The van der Waals surface area contributed by atoms with Gasteiger partial charge in [0.1, 0.15) is 5.82 Å². The van der Waals surface area contributed by atoms with Gasteiger partial charge in [0.05, 0.1) is 6.04 Å². The predicted molar refractivity (Wildman–Crippen MR) is 99.1 cm³/mol. The van der Waals surface area contributed by atoms with E-state index in [1.807, 2.05) is 13.8 Å². The highest BCUT2D eigenvalue weighted by Crippen LogP contribution is 2.22. The van der Waals surface area contributed by atoms with Crippen LogP contribution in [0.4, 0.5) is 4.39 Å². The van der Waals surface area contributed by atoms with Crippen molar-refractivity contribution < 1.29 is 14.0 Å². The molecular formula is C19H29FN4O2. The van der Waals surface area contributed by atoms with Gasteiger partial charge in [-0.05, 0) is 30.7 Å². The van der Waals surface area contributed by atoms with E-state index >= 15 is 0 Å². The molecule has 0 spiro atoms. The molecule has 6 nitrogen and oxygen atoms in total. The smallest absolute Gasteiger partial charge is 0.309 e. The Bertz CT molecular complexity index is 598. The number of piperazine rings is 1. The van der Waals surface area contributed by atoms with Crippen molar-refractivity contribution in [3.63, 3.8) is 0 Å². The summed E-state index contributed by atoms with van der Waals surface area (Å²) in [5.41, 5.74) is 0.929. The Labute approximate surface area is 154 Å². The summed E-state index contributed by atoms with van der Waals surface area (Å²) >= 11 is 0. The van der Waals surface area contributed by atoms with Gasteiger partial charge in [0.15, 0.2) is 0 Å². The third-order valence-electron chi connectivity index (χ3n) is 4.57. The molecule has 7 heteroatoms. The van der Waals surface area contributed by atoms with Crippen LogP contribution in [0.1, 0.15) is 25.5 Å². The van der Waals surface area contributed by atoms with Crippen molar-refractivity contribution in [2.75, 3.05) is 46.3 Å². The number of nitrogens with one attached hydrogen (secondary N) is 2. The number of nitrogens with zero attached hydrogens (tertiary/aromatic N) is 2. The molecule has 1 aromatic rings. The lowest BCUT2D eigenvalue weighted by atomic mass is 10.0. The quantitative estimate of drug-likeness (QED) is 0.740. The number of hydrogen-bond donors (Lipinski definition) is 2. The molecule has 0 radical (unpaired) electrons. The number of halogens is 1. The highest BCUT2D eigenvalue weighted by atomic mass is 19.1. The molecule has 0 aromatic heterocycles. The first-order valence-corrected chi connectivity index (χ1v) is 9.11. The third-order valence-corrected chi connectivity index (χ3v) is 4.57. The largest absolute Gasteiger partial charge is 0.348 e. The van der Waals surface area contributed by atoms with Crippen LogP contribution in [-0.4, -0.2) is 67.9 Å². The van der Waals surface area contributed by atoms with Crippen LogP contribution in [0.2, 0.25) is 0 Å². The standard InChI is InChI=1S/C19H29FN4O2/c1-14(2)12-21-18(25)19(26)22-13-17(15-4-6-16(20)7-5-15)24-10-8-23(3)9-11-24/h4-7,14,17H,8-13H2,1-3H3,(H,21,25)(H,22,26). The molecule has 0 aliphatic carbocycles. The second kappa shape index (κ2) is 9.64. The number of rotatable bonds is 6. The minimum absolute atomic E-state index is 0.0915. The number of carbonyl (C=O) groups excluding carboxylic acids is 2. The molecule has 1 saturated heterocycles. The SMILES string of the molecule is CC(C)CNC(=O)C(=O)NCC(c1ccc(F)cc1)N1CCN(C)CC1. The maximum atomic E-state index is 13.3. The van der Waals surface area contributed by atoms with Crippen LogP contribution >= 0.6 is 0 Å². The molecule has 26 heavy (non-hydrogen) atoms. The summed E-state index contributed by atoms with van der Waals surface area (Å²) in [6.07, 6.45) is 0. The van der Waals surface area contributed by atoms with Gasteiger partial charge in [-0.1, -0.05) is 26.0 Å². The molecule has 2 amide bonds. The van der Waals surface area contributed by atoms with Crippen molar-refractivity contribution in [1.82, 2.24) is 20.4 Å². The van der Waals surface area contributed by atoms with E-state index in [9.17, 15) is 14.0 Å². The molecule has 1 atom stereocenters. The zero-order valence-corrected chi connectivity index (χ0v) is 15.8. The van der Waals surface area contributed by atoms with Gasteiger partial charge >= 0.3 is 11.8 Å². The Morgan fingerprint density at radius 1 is 1.00 bits per heavy atom. The fourth-order valence-corrected chi connectivity index (χ4v) is 2.92. The van der Waals surface area contributed by atoms with Crippen molar-refractivity contribution in [1.29, 1.82) is 0 Å². The van der Waals surface area contributed by atoms with E-state index in [1.54, 1.807) is 12.1 Å². The maximum absolute atomic E-state index is 13.3. The topological polar surface area (TPSA) is 64.7 Å². The summed E-state index contributed by atoms with van der Waals surface area (Å²) in [5, 5.41) is 5.35. The number of benzene rings is 1. The highest BCUT2D eigenvalue weighted by molar-refractivity contribution is 6.35. The van der Waals surface area contributed by atoms with Crippen LogP contribution in [0.5, 0.6) is 0 Å². The molecule has 0 bridgehead atoms. The maximum Gasteiger partial charge on any atom is 0.309 e. The van der Waals surface area contributed by atoms with Crippen molar-refractivity contribution >= 4 is 11.8 Å². The Balaban J connectivity index is 2.01. The zero-order valence-electron chi connectivity index (χ0n) is 15.8. The lowest BCUT2D eigenvalue weighted by Crippen LogP contribution is -2.50. The van der Waals surface area contributed by atoms with Gasteiger partial charge in [-0.25, -0.2) is 4.39 Å². The Morgan fingerprint density at radius 2 is 1.54 bits per heavy atom. The molecule has 2 rings (SSSR count). The van der Waals surface area contributed by atoms with E-state index in [-0.39, 0.29) is 17.8 Å². The summed E-state index contributed by atoms with van der Waals surface area (Å²) in [6.45, 7) is 8.28. The first-order chi connectivity index (χ1) is 12.4. The van der Waals surface area contributed by atoms with Crippen LogP contribution in [0.25, 0.3) is 0 Å². The first-order valence-electron chi connectivity index (χ1n) is 9.11. The molecule has 1 aromatic carbocycles. The van der Waals surface area contributed by atoms with Crippen LogP contribution in [0.15, 0.2) is 24.3 Å². The second-order valence-corrected chi connectivity index (χ2v) is 7.22. The summed E-state index contributed by atoms with van der Waals surface area (Å²) in [7, 11) is 2.07. The summed E-state index contributed by atoms with van der Waals surface area (Å²) in [6, 6.07) is 6.24. The number of carbonyl (C=O) groups is 2. The predicted octanol–water partition coefficient (Wildman–Crippen LogP) is 1.00. The first kappa shape index (κ1) is 20.3. The van der Waals surface area contributed by atoms with Crippen molar-refractivity contribution in [2.24, 2.45) is 5.92 Å².